The van der Waals surface area contributed by atoms with Crippen molar-refractivity contribution in [1.82, 2.24) is 4.98 Å². The molecule has 1 aromatic rings. The summed E-state index contributed by atoms with van der Waals surface area (Å²) in [5, 5.41) is 0. The van der Waals surface area contributed by atoms with Crippen molar-refractivity contribution in [3.8, 4) is 5.88 Å². The Morgan fingerprint density at radius 2 is 1.83 bits per heavy atom. The lowest BCUT2D eigenvalue weighted by atomic mass is 9.68. The third-order valence-corrected chi connectivity index (χ3v) is 4.55. The van der Waals surface area contributed by atoms with Gasteiger partial charge in [-0.2, -0.15) is 0 Å². The van der Waals surface area contributed by atoms with Crippen LogP contribution in [-0.2, 0) is 18.8 Å². The summed E-state index contributed by atoms with van der Waals surface area (Å²) < 4.78 is 22.2. The fourth-order valence-electron chi connectivity index (χ4n) is 2.41. The second-order valence-corrected chi connectivity index (χ2v) is 6.62. The Balaban J connectivity index is 2.33. The summed E-state index contributed by atoms with van der Waals surface area (Å²) >= 11 is 0. The summed E-state index contributed by atoms with van der Waals surface area (Å²) in [6, 6.07) is 5.42. The number of aromatic nitrogens is 1. The largest absolute Gasteiger partial charge is 0.481 e. The third kappa shape index (κ3) is 3.67. The molecule has 6 nitrogen and oxygen atoms in total. The maximum atomic E-state index is 11.8. The summed E-state index contributed by atoms with van der Waals surface area (Å²) in [6.07, 6.45) is 0.119. The highest BCUT2D eigenvalue weighted by atomic mass is 16.7. The van der Waals surface area contributed by atoms with Crippen molar-refractivity contribution in [2.24, 2.45) is 0 Å². The maximum Gasteiger partial charge on any atom is 0.468 e. The predicted molar refractivity (Wildman–Crippen MR) is 86.2 cm³/mol. The van der Waals surface area contributed by atoms with Crippen LogP contribution >= 0.6 is 0 Å². The second kappa shape index (κ2) is 6.49. The smallest absolute Gasteiger partial charge is 0.468 e. The van der Waals surface area contributed by atoms with Gasteiger partial charge in [0.05, 0.1) is 31.8 Å². The van der Waals surface area contributed by atoms with E-state index < -0.39 is 18.3 Å². The topological polar surface area (TPSA) is 66.9 Å². The van der Waals surface area contributed by atoms with Gasteiger partial charge in [-0.3, -0.25) is 4.79 Å². The molecule has 1 aliphatic rings. The molecular formula is C16H24BNO5. The number of hydrogen-bond donors (Lipinski definition) is 0. The van der Waals surface area contributed by atoms with Gasteiger partial charge in [-0.15, -0.1) is 0 Å². The minimum Gasteiger partial charge on any atom is -0.481 e. The second-order valence-electron chi connectivity index (χ2n) is 6.62. The monoisotopic (exact) mass is 321 g/mol. The number of rotatable bonds is 5. The maximum absolute atomic E-state index is 11.8. The Labute approximate surface area is 137 Å². The van der Waals surface area contributed by atoms with E-state index in [1.54, 1.807) is 13.2 Å². The Bertz CT molecular complexity index is 559. The highest BCUT2D eigenvalue weighted by Crippen LogP contribution is 2.41. The predicted octanol–water partition coefficient (Wildman–Crippen LogP) is 2.37. The van der Waals surface area contributed by atoms with Gasteiger partial charge < -0.3 is 18.8 Å². The van der Waals surface area contributed by atoms with E-state index in [1.165, 1.54) is 7.11 Å². The van der Waals surface area contributed by atoms with Crippen LogP contribution in [0.25, 0.3) is 0 Å². The van der Waals surface area contributed by atoms with Crippen LogP contribution in [0.2, 0.25) is 0 Å². The minimum absolute atomic E-state index is 0.119. The van der Waals surface area contributed by atoms with Crippen molar-refractivity contribution < 1.29 is 23.6 Å². The number of esters is 1. The van der Waals surface area contributed by atoms with E-state index in [9.17, 15) is 4.79 Å². The van der Waals surface area contributed by atoms with Crippen LogP contribution in [0.15, 0.2) is 18.2 Å². The molecule has 0 saturated carbocycles. The van der Waals surface area contributed by atoms with E-state index in [2.05, 4.69) is 4.98 Å². The number of pyridine rings is 1. The summed E-state index contributed by atoms with van der Waals surface area (Å²) in [5.74, 6) is -0.234. The third-order valence-electron chi connectivity index (χ3n) is 4.55. The zero-order valence-electron chi connectivity index (χ0n) is 14.6. The quantitative estimate of drug-likeness (QED) is 0.613. The molecular weight excluding hydrogens is 297 g/mol. The molecule has 1 unspecified atom stereocenters. The van der Waals surface area contributed by atoms with Crippen LogP contribution in [0.4, 0.5) is 0 Å². The molecule has 0 aromatic carbocycles. The van der Waals surface area contributed by atoms with Crippen LogP contribution in [0.5, 0.6) is 5.88 Å². The van der Waals surface area contributed by atoms with Crippen molar-refractivity contribution in [3.63, 3.8) is 0 Å². The molecule has 0 spiro atoms. The van der Waals surface area contributed by atoms with Gasteiger partial charge in [-0.05, 0) is 33.8 Å². The SMILES string of the molecule is COC(=O)CC(B1OC(C)(C)C(C)(C)O1)c1cccc(OC)n1. The zero-order valence-corrected chi connectivity index (χ0v) is 14.6. The molecule has 23 heavy (non-hydrogen) atoms. The normalized spacial score (nSPS) is 20.2. The first-order chi connectivity index (χ1) is 10.7. The number of carbonyl (C=O) groups is 1. The molecule has 1 aromatic heterocycles. The van der Waals surface area contributed by atoms with E-state index in [0.29, 0.717) is 11.6 Å². The molecule has 1 aliphatic heterocycles. The molecule has 2 heterocycles. The van der Waals surface area contributed by atoms with Crippen molar-refractivity contribution in [2.45, 2.75) is 51.1 Å². The van der Waals surface area contributed by atoms with Gasteiger partial charge in [0, 0.05) is 17.6 Å². The van der Waals surface area contributed by atoms with E-state index >= 15 is 0 Å². The lowest BCUT2D eigenvalue weighted by Crippen LogP contribution is -2.41. The van der Waals surface area contributed by atoms with Crippen LogP contribution < -0.4 is 4.74 Å². The summed E-state index contributed by atoms with van der Waals surface area (Å²) in [6.45, 7) is 7.89. The van der Waals surface area contributed by atoms with Crippen LogP contribution in [0.3, 0.4) is 0 Å². The van der Waals surface area contributed by atoms with E-state index in [1.807, 2.05) is 39.8 Å². The van der Waals surface area contributed by atoms with Crippen molar-refractivity contribution in [2.75, 3.05) is 14.2 Å². The van der Waals surface area contributed by atoms with E-state index in [0.717, 1.165) is 0 Å². The molecule has 0 bridgehead atoms. The first-order valence-electron chi connectivity index (χ1n) is 7.63. The molecule has 0 amide bonds. The first-order valence-corrected chi connectivity index (χ1v) is 7.63. The Morgan fingerprint density at radius 3 is 2.35 bits per heavy atom. The molecule has 7 heteroatoms. The Hall–Kier alpha value is -1.60. The Morgan fingerprint density at radius 1 is 1.22 bits per heavy atom. The number of methoxy groups -OCH3 is 2. The minimum atomic E-state index is -0.585. The first kappa shape index (κ1) is 17.8. The van der Waals surface area contributed by atoms with Gasteiger partial charge in [0.1, 0.15) is 0 Å². The molecule has 0 radical (unpaired) electrons. The van der Waals surface area contributed by atoms with Gasteiger partial charge in [0.25, 0.3) is 0 Å². The average Bonchev–Trinajstić information content (AvgIpc) is 2.72. The molecule has 2 rings (SSSR count). The van der Waals surface area contributed by atoms with Crippen molar-refractivity contribution in [3.05, 3.63) is 23.9 Å². The number of hydrogen-bond acceptors (Lipinski definition) is 6. The lowest BCUT2D eigenvalue weighted by molar-refractivity contribution is -0.140. The van der Waals surface area contributed by atoms with Gasteiger partial charge in [-0.25, -0.2) is 4.98 Å². The number of ether oxygens (including phenoxy) is 2. The molecule has 126 valence electrons. The van der Waals surface area contributed by atoms with E-state index in [4.69, 9.17) is 18.8 Å². The van der Waals surface area contributed by atoms with Crippen molar-refractivity contribution >= 4 is 13.1 Å². The zero-order chi connectivity index (χ0) is 17.3. The lowest BCUT2D eigenvalue weighted by Gasteiger charge is -2.32. The number of carbonyl (C=O) groups excluding carboxylic acids is 1. The van der Waals surface area contributed by atoms with Gasteiger partial charge in [0.15, 0.2) is 0 Å². The van der Waals surface area contributed by atoms with Crippen LogP contribution in [0.1, 0.15) is 45.6 Å². The number of nitrogens with zero attached hydrogens (tertiary/aromatic N) is 1. The highest BCUT2D eigenvalue weighted by molar-refractivity contribution is 6.48. The summed E-state index contributed by atoms with van der Waals surface area (Å²) in [4.78, 5) is 16.3. The standard InChI is InChI=1S/C16H24BNO5/c1-15(2)16(3,4)23-17(22-15)11(10-14(19)21-6)12-8-7-9-13(18-12)20-5/h7-9,11H,10H2,1-6H3. The van der Waals surface area contributed by atoms with Crippen LogP contribution in [-0.4, -0.2) is 43.5 Å². The molecule has 0 N–H and O–H groups in total. The molecule has 1 fully saturated rings. The van der Waals surface area contributed by atoms with Gasteiger partial charge in [0.2, 0.25) is 5.88 Å². The van der Waals surface area contributed by atoms with Gasteiger partial charge in [-0.1, -0.05) is 6.07 Å². The fourth-order valence-corrected chi connectivity index (χ4v) is 2.41. The summed E-state index contributed by atoms with van der Waals surface area (Å²) in [5.41, 5.74) is -0.288. The summed E-state index contributed by atoms with van der Waals surface area (Å²) in [7, 11) is 2.33. The molecule has 0 aliphatic carbocycles. The average molecular weight is 321 g/mol. The van der Waals surface area contributed by atoms with Crippen molar-refractivity contribution in [1.29, 1.82) is 0 Å². The van der Waals surface area contributed by atoms with Crippen LogP contribution in [0, 0.1) is 0 Å². The molecule has 1 saturated heterocycles. The fraction of sp³-hybridized carbons (Fsp3) is 0.625. The molecule has 1 atom stereocenters. The van der Waals surface area contributed by atoms with Gasteiger partial charge >= 0.3 is 13.1 Å². The highest BCUT2D eigenvalue weighted by Gasteiger charge is 2.54. The van der Waals surface area contributed by atoms with E-state index in [-0.39, 0.29) is 18.2 Å². The Kier molecular flexibility index (Phi) is 5.01.